The van der Waals surface area contributed by atoms with Crippen molar-refractivity contribution in [2.24, 2.45) is 5.10 Å². The molecule has 1 aliphatic rings. The van der Waals surface area contributed by atoms with E-state index in [9.17, 15) is 28.1 Å². The highest BCUT2D eigenvalue weighted by atomic mass is 19.4. The van der Waals surface area contributed by atoms with Gasteiger partial charge in [-0.3, -0.25) is 20.3 Å². The lowest BCUT2D eigenvalue weighted by atomic mass is 10.1. The molecule has 0 aromatic heterocycles. The van der Waals surface area contributed by atoms with Crippen molar-refractivity contribution in [3.63, 3.8) is 0 Å². The Morgan fingerprint density at radius 1 is 1.29 bits per heavy atom. The number of ether oxygens (including phenoxy) is 1. The van der Waals surface area contributed by atoms with Gasteiger partial charge in [-0.25, -0.2) is 0 Å². The summed E-state index contributed by atoms with van der Waals surface area (Å²) in [7, 11) is 0. The van der Waals surface area contributed by atoms with Gasteiger partial charge in [0.05, 0.1) is 21.9 Å². The quantitative estimate of drug-likeness (QED) is 0.466. The van der Waals surface area contributed by atoms with E-state index < -0.39 is 22.4 Å². The molecule has 0 bridgehead atoms. The number of carbonyl (C=O) groups is 1. The molecule has 0 saturated carbocycles. The second-order valence-electron chi connectivity index (χ2n) is 5.84. The molecular formula is C17H13F3N4O4. The maximum Gasteiger partial charge on any atom is 0.416 e. The monoisotopic (exact) mass is 394 g/mol. The number of alkyl halides is 3. The van der Waals surface area contributed by atoms with Gasteiger partial charge >= 0.3 is 6.18 Å². The van der Waals surface area contributed by atoms with Crippen LogP contribution in [0.25, 0.3) is 0 Å². The highest BCUT2D eigenvalue weighted by molar-refractivity contribution is 6.02. The number of hydrazone groups is 1. The van der Waals surface area contributed by atoms with E-state index in [1.165, 1.54) is 0 Å². The Kier molecular flexibility index (Phi) is 4.91. The van der Waals surface area contributed by atoms with Crippen molar-refractivity contribution in [1.82, 2.24) is 0 Å². The second-order valence-corrected chi connectivity index (χ2v) is 5.84. The fourth-order valence-corrected chi connectivity index (χ4v) is 2.47. The van der Waals surface area contributed by atoms with Crippen molar-refractivity contribution in [3.05, 3.63) is 57.6 Å². The Labute approximate surface area is 156 Å². The van der Waals surface area contributed by atoms with Gasteiger partial charge in [-0.2, -0.15) is 18.3 Å². The van der Waals surface area contributed by atoms with E-state index in [4.69, 9.17) is 4.74 Å². The zero-order valence-electron chi connectivity index (χ0n) is 14.3. The predicted octanol–water partition coefficient (Wildman–Crippen LogP) is 3.78. The average molecular weight is 394 g/mol. The topological polar surface area (TPSA) is 106 Å². The Hall–Kier alpha value is -3.63. The number of nitro groups is 1. The van der Waals surface area contributed by atoms with E-state index in [1.54, 1.807) is 25.1 Å². The molecule has 0 radical (unpaired) electrons. The van der Waals surface area contributed by atoms with Crippen LogP contribution < -0.4 is 15.5 Å². The van der Waals surface area contributed by atoms with Gasteiger partial charge in [0.15, 0.2) is 6.61 Å². The average Bonchev–Trinajstić information content (AvgIpc) is 2.64. The number of benzene rings is 2. The van der Waals surface area contributed by atoms with Crippen LogP contribution in [0.2, 0.25) is 0 Å². The molecule has 2 aromatic rings. The SMILES string of the molecule is C/C(=N/Nc1ccc(C(F)(F)F)cc1[N+](=O)[O-])c1ccc2c(c1)NC(=O)CO2. The molecule has 0 atom stereocenters. The van der Waals surface area contributed by atoms with Gasteiger partial charge in [-0.1, -0.05) is 0 Å². The molecule has 0 unspecified atom stereocenters. The van der Waals surface area contributed by atoms with Crippen molar-refractivity contribution < 1.29 is 27.6 Å². The van der Waals surface area contributed by atoms with Crippen LogP contribution >= 0.6 is 0 Å². The van der Waals surface area contributed by atoms with Gasteiger partial charge in [-0.05, 0) is 42.8 Å². The van der Waals surface area contributed by atoms with Crippen LogP contribution in [0, 0.1) is 10.1 Å². The molecule has 1 amide bonds. The largest absolute Gasteiger partial charge is 0.482 e. The summed E-state index contributed by atoms with van der Waals surface area (Å²) in [6.45, 7) is 1.51. The van der Waals surface area contributed by atoms with Crippen molar-refractivity contribution in [2.75, 3.05) is 17.3 Å². The Morgan fingerprint density at radius 2 is 2.04 bits per heavy atom. The summed E-state index contributed by atoms with van der Waals surface area (Å²) in [5.41, 5.74) is 1.76. The van der Waals surface area contributed by atoms with Crippen LogP contribution in [0.15, 0.2) is 41.5 Å². The smallest absolute Gasteiger partial charge is 0.416 e. The number of amides is 1. The molecular weight excluding hydrogens is 381 g/mol. The lowest BCUT2D eigenvalue weighted by Crippen LogP contribution is -2.25. The minimum Gasteiger partial charge on any atom is -0.482 e. The van der Waals surface area contributed by atoms with Crippen molar-refractivity contribution in [1.29, 1.82) is 0 Å². The number of anilines is 2. The molecule has 8 nitrogen and oxygen atoms in total. The van der Waals surface area contributed by atoms with Gasteiger partial charge in [0.1, 0.15) is 11.4 Å². The maximum absolute atomic E-state index is 12.8. The van der Waals surface area contributed by atoms with Gasteiger partial charge in [-0.15, -0.1) is 0 Å². The van der Waals surface area contributed by atoms with Gasteiger partial charge < -0.3 is 10.1 Å². The minimum atomic E-state index is -4.70. The van der Waals surface area contributed by atoms with Crippen LogP contribution in [0.1, 0.15) is 18.1 Å². The molecule has 0 fully saturated rings. The number of halogens is 3. The van der Waals surface area contributed by atoms with Gasteiger partial charge in [0.2, 0.25) is 0 Å². The highest BCUT2D eigenvalue weighted by Crippen LogP contribution is 2.35. The molecule has 0 aliphatic carbocycles. The third-order valence-electron chi connectivity index (χ3n) is 3.90. The summed E-state index contributed by atoms with van der Waals surface area (Å²) in [6, 6.07) is 7.01. The number of nitrogens with zero attached hydrogens (tertiary/aromatic N) is 2. The van der Waals surface area contributed by atoms with E-state index in [1.807, 2.05) is 0 Å². The fourth-order valence-electron chi connectivity index (χ4n) is 2.47. The molecule has 1 heterocycles. The molecule has 3 rings (SSSR count). The lowest BCUT2D eigenvalue weighted by Gasteiger charge is -2.18. The first kappa shape index (κ1) is 19.1. The number of rotatable bonds is 4. The number of nitro benzene ring substituents is 1. The van der Waals surface area contributed by atoms with E-state index in [2.05, 4.69) is 15.8 Å². The minimum absolute atomic E-state index is 0.0848. The first-order chi connectivity index (χ1) is 13.1. The summed E-state index contributed by atoms with van der Waals surface area (Å²) in [4.78, 5) is 21.6. The summed E-state index contributed by atoms with van der Waals surface area (Å²) < 4.78 is 43.5. The van der Waals surface area contributed by atoms with E-state index in [0.29, 0.717) is 28.8 Å². The van der Waals surface area contributed by atoms with Crippen LogP contribution in [0.4, 0.5) is 30.2 Å². The molecule has 1 aliphatic heterocycles. The summed E-state index contributed by atoms with van der Waals surface area (Å²) in [5.74, 6) is 0.181. The van der Waals surface area contributed by atoms with Crippen molar-refractivity contribution in [3.8, 4) is 5.75 Å². The maximum atomic E-state index is 12.8. The van der Waals surface area contributed by atoms with Crippen molar-refractivity contribution in [2.45, 2.75) is 13.1 Å². The molecule has 28 heavy (non-hydrogen) atoms. The Balaban J connectivity index is 1.86. The Bertz CT molecular complexity index is 989. The van der Waals surface area contributed by atoms with Gasteiger partial charge in [0, 0.05) is 6.07 Å². The summed E-state index contributed by atoms with van der Waals surface area (Å²) >= 11 is 0. The number of carbonyl (C=O) groups excluding carboxylic acids is 1. The fraction of sp³-hybridized carbons (Fsp3) is 0.176. The molecule has 11 heteroatoms. The first-order valence-electron chi connectivity index (χ1n) is 7.88. The van der Waals surface area contributed by atoms with E-state index in [-0.39, 0.29) is 18.2 Å². The second kappa shape index (κ2) is 7.18. The summed E-state index contributed by atoms with van der Waals surface area (Å²) in [6.07, 6.45) is -4.70. The van der Waals surface area contributed by atoms with E-state index >= 15 is 0 Å². The normalized spacial score (nSPS) is 14.0. The van der Waals surface area contributed by atoms with Crippen LogP contribution in [-0.4, -0.2) is 23.1 Å². The number of hydrogen-bond donors (Lipinski definition) is 2. The van der Waals surface area contributed by atoms with Crippen LogP contribution in [0.3, 0.4) is 0 Å². The molecule has 0 spiro atoms. The first-order valence-corrected chi connectivity index (χ1v) is 7.88. The number of fused-ring (bicyclic) bond motifs is 1. The van der Waals surface area contributed by atoms with Crippen LogP contribution in [-0.2, 0) is 11.0 Å². The standard InChI is InChI=1S/C17H13F3N4O4/c1-9(10-2-5-15-13(6-10)21-16(25)8-28-15)22-23-12-4-3-11(17(18,19)20)7-14(12)24(26)27/h2-7,23H,8H2,1H3,(H,21,25)/b22-9-. The summed E-state index contributed by atoms with van der Waals surface area (Å²) in [5, 5.41) is 17.7. The lowest BCUT2D eigenvalue weighted by molar-refractivity contribution is -0.384. The number of hydrogen-bond acceptors (Lipinski definition) is 6. The zero-order valence-corrected chi connectivity index (χ0v) is 14.3. The molecule has 0 saturated heterocycles. The third-order valence-corrected chi connectivity index (χ3v) is 3.90. The van der Waals surface area contributed by atoms with Crippen molar-refractivity contribution >= 4 is 28.7 Å². The van der Waals surface area contributed by atoms with Crippen LogP contribution in [0.5, 0.6) is 5.75 Å². The number of nitrogens with one attached hydrogen (secondary N) is 2. The molecule has 146 valence electrons. The molecule has 2 aromatic carbocycles. The van der Waals surface area contributed by atoms with E-state index in [0.717, 1.165) is 12.1 Å². The third kappa shape index (κ3) is 4.03. The van der Waals surface area contributed by atoms with Gasteiger partial charge in [0.25, 0.3) is 11.6 Å². The Morgan fingerprint density at radius 3 is 2.71 bits per heavy atom. The molecule has 2 N–H and O–H groups in total. The zero-order chi connectivity index (χ0) is 20.5. The highest BCUT2D eigenvalue weighted by Gasteiger charge is 2.33. The predicted molar refractivity (Wildman–Crippen MR) is 94.5 cm³/mol.